The van der Waals surface area contributed by atoms with Crippen LogP contribution in [0.15, 0.2) is 4.52 Å². The summed E-state index contributed by atoms with van der Waals surface area (Å²) in [5.41, 5.74) is 0. The maximum atomic E-state index is 11.5. The van der Waals surface area contributed by atoms with Crippen LogP contribution in [-0.4, -0.2) is 37.4 Å². The van der Waals surface area contributed by atoms with Gasteiger partial charge in [-0.25, -0.2) is 8.42 Å². The Morgan fingerprint density at radius 3 is 2.70 bits per heavy atom. The van der Waals surface area contributed by atoms with E-state index in [1.807, 2.05) is 0 Å². The lowest BCUT2D eigenvalue weighted by atomic mass is 10.1. The van der Waals surface area contributed by atoms with E-state index in [2.05, 4.69) is 22.4 Å². The van der Waals surface area contributed by atoms with Crippen LogP contribution in [0.25, 0.3) is 0 Å². The molecule has 1 aliphatic carbocycles. The van der Waals surface area contributed by atoms with Gasteiger partial charge in [0.25, 0.3) is 0 Å². The third-order valence-corrected chi connectivity index (χ3v) is 5.23. The molecular formula is C13H23N3O3S. The fraction of sp³-hybridized carbons (Fsp3) is 0.846. The quantitative estimate of drug-likeness (QED) is 0.783. The third-order valence-electron chi connectivity index (χ3n) is 3.73. The summed E-state index contributed by atoms with van der Waals surface area (Å²) in [6, 6.07) is 0.358. The van der Waals surface area contributed by atoms with E-state index < -0.39 is 15.1 Å². The average molecular weight is 301 g/mol. The number of rotatable bonds is 8. The molecule has 0 amide bonds. The Bertz CT molecular complexity index is 537. The second-order valence-corrected chi connectivity index (χ2v) is 7.99. The highest BCUT2D eigenvalue weighted by molar-refractivity contribution is 7.90. The monoisotopic (exact) mass is 301 g/mol. The van der Waals surface area contributed by atoms with Crippen molar-refractivity contribution in [3.05, 3.63) is 11.7 Å². The van der Waals surface area contributed by atoms with Gasteiger partial charge in [0.15, 0.2) is 15.7 Å². The Hall–Kier alpha value is -0.950. The highest BCUT2D eigenvalue weighted by Crippen LogP contribution is 2.34. The van der Waals surface area contributed by atoms with E-state index in [9.17, 15) is 8.42 Å². The minimum atomic E-state index is -3.19. The lowest BCUT2D eigenvalue weighted by molar-refractivity contribution is 0.342. The first-order valence-electron chi connectivity index (χ1n) is 7.16. The molecule has 1 fully saturated rings. The predicted molar refractivity (Wildman–Crippen MR) is 76.1 cm³/mol. The largest absolute Gasteiger partial charge is 0.339 e. The molecule has 1 aromatic heterocycles. The topological polar surface area (TPSA) is 85.1 Å². The minimum Gasteiger partial charge on any atom is -0.339 e. The van der Waals surface area contributed by atoms with Gasteiger partial charge in [0, 0.05) is 18.7 Å². The SMILES string of the molecule is CCCNC(Cc1nc(C(C)S(C)(=O)=O)no1)C1CC1. The zero-order chi connectivity index (χ0) is 14.8. The van der Waals surface area contributed by atoms with E-state index in [-0.39, 0.29) is 5.82 Å². The van der Waals surface area contributed by atoms with Gasteiger partial charge in [-0.15, -0.1) is 0 Å². The lowest BCUT2D eigenvalue weighted by Crippen LogP contribution is -2.33. The van der Waals surface area contributed by atoms with Gasteiger partial charge in [0.2, 0.25) is 5.89 Å². The molecule has 2 rings (SSSR count). The molecule has 1 N–H and O–H groups in total. The number of sulfone groups is 1. The molecule has 2 unspecified atom stereocenters. The van der Waals surface area contributed by atoms with Gasteiger partial charge in [-0.3, -0.25) is 0 Å². The van der Waals surface area contributed by atoms with Crippen molar-refractivity contribution in [2.45, 2.75) is 50.8 Å². The van der Waals surface area contributed by atoms with Crippen molar-refractivity contribution in [1.29, 1.82) is 0 Å². The second-order valence-electron chi connectivity index (χ2n) is 5.62. The maximum absolute atomic E-state index is 11.5. The molecule has 0 bridgehead atoms. The second kappa shape index (κ2) is 6.22. The summed E-state index contributed by atoms with van der Waals surface area (Å²) in [5.74, 6) is 1.47. The third kappa shape index (κ3) is 4.02. The van der Waals surface area contributed by atoms with E-state index >= 15 is 0 Å². The molecule has 1 saturated carbocycles. The van der Waals surface area contributed by atoms with E-state index in [4.69, 9.17) is 4.52 Å². The van der Waals surface area contributed by atoms with Gasteiger partial charge in [0.05, 0.1) is 0 Å². The zero-order valence-corrected chi connectivity index (χ0v) is 13.1. The Morgan fingerprint density at radius 1 is 1.45 bits per heavy atom. The summed E-state index contributed by atoms with van der Waals surface area (Å²) in [6.07, 6.45) is 5.42. The molecule has 1 aromatic rings. The number of hydrogen-bond acceptors (Lipinski definition) is 6. The van der Waals surface area contributed by atoms with Crippen molar-refractivity contribution in [2.75, 3.05) is 12.8 Å². The zero-order valence-electron chi connectivity index (χ0n) is 12.3. The number of nitrogens with zero attached hydrogens (tertiary/aromatic N) is 2. The molecule has 0 radical (unpaired) electrons. The van der Waals surface area contributed by atoms with Crippen LogP contribution in [0.5, 0.6) is 0 Å². The summed E-state index contributed by atoms with van der Waals surface area (Å²) in [7, 11) is -3.19. The van der Waals surface area contributed by atoms with E-state index in [0.717, 1.165) is 13.0 Å². The van der Waals surface area contributed by atoms with Gasteiger partial charge < -0.3 is 9.84 Å². The molecule has 2 atom stereocenters. The maximum Gasteiger partial charge on any atom is 0.228 e. The molecule has 1 heterocycles. The number of aromatic nitrogens is 2. The van der Waals surface area contributed by atoms with E-state index in [1.165, 1.54) is 19.1 Å². The normalized spacial score (nSPS) is 18.9. The molecular weight excluding hydrogens is 278 g/mol. The first-order chi connectivity index (χ1) is 9.41. The van der Waals surface area contributed by atoms with Crippen LogP contribution in [0.1, 0.15) is 50.1 Å². The van der Waals surface area contributed by atoms with E-state index in [0.29, 0.717) is 24.3 Å². The highest BCUT2D eigenvalue weighted by Gasteiger charge is 2.32. The summed E-state index contributed by atoms with van der Waals surface area (Å²) < 4.78 is 28.2. The number of hydrogen-bond donors (Lipinski definition) is 1. The van der Waals surface area contributed by atoms with Gasteiger partial charge in [0.1, 0.15) is 5.25 Å². The smallest absolute Gasteiger partial charge is 0.228 e. The van der Waals surface area contributed by atoms with Crippen molar-refractivity contribution in [3.8, 4) is 0 Å². The van der Waals surface area contributed by atoms with Crippen molar-refractivity contribution in [1.82, 2.24) is 15.5 Å². The highest BCUT2D eigenvalue weighted by atomic mass is 32.2. The van der Waals surface area contributed by atoms with E-state index in [1.54, 1.807) is 6.92 Å². The Kier molecular flexibility index (Phi) is 4.80. The van der Waals surface area contributed by atoms with Crippen LogP contribution in [0.3, 0.4) is 0 Å². The van der Waals surface area contributed by atoms with Crippen LogP contribution >= 0.6 is 0 Å². The summed E-state index contributed by atoms with van der Waals surface area (Å²) >= 11 is 0. The molecule has 0 spiro atoms. The molecule has 114 valence electrons. The van der Waals surface area contributed by atoms with Crippen LogP contribution < -0.4 is 5.32 Å². The van der Waals surface area contributed by atoms with Gasteiger partial charge in [-0.1, -0.05) is 12.1 Å². The minimum absolute atomic E-state index is 0.257. The predicted octanol–water partition coefficient (Wildman–Crippen LogP) is 1.50. The Labute approximate surface area is 120 Å². The summed E-state index contributed by atoms with van der Waals surface area (Å²) in [4.78, 5) is 4.24. The molecule has 1 aliphatic rings. The average Bonchev–Trinajstić information content (AvgIpc) is 3.12. The van der Waals surface area contributed by atoms with Crippen molar-refractivity contribution < 1.29 is 12.9 Å². The fourth-order valence-corrected chi connectivity index (χ4v) is 2.61. The van der Waals surface area contributed by atoms with Crippen molar-refractivity contribution >= 4 is 9.84 Å². The first kappa shape index (κ1) is 15.4. The first-order valence-corrected chi connectivity index (χ1v) is 9.12. The van der Waals surface area contributed by atoms with Crippen LogP contribution in [0.2, 0.25) is 0 Å². The fourth-order valence-electron chi connectivity index (χ4n) is 2.13. The van der Waals surface area contributed by atoms with Crippen molar-refractivity contribution in [2.24, 2.45) is 5.92 Å². The summed E-state index contributed by atoms with van der Waals surface area (Å²) in [6.45, 7) is 4.69. The van der Waals surface area contributed by atoms with Gasteiger partial charge in [-0.05, 0) is 38.6 Å². The molecule has 7 heteroatoms. The van der Waals surface area contributed by atoms with Gasteiger partial charge in [-0.2, -0.15) is 4.98 Å². The molecule has 0 aliphatic heterocycles. The van der Waals surface area contributed by atoms with Crippen molar-refractivity contribution in [3.63, 3.8) is 0 Å². The van der Waals surface area contributed by atoms with Crippen LogP contribution in [0, 0.1) is 5.92 Å². The standard InChI is InChI=1S/C13H23N3O3S/c1-4-7-14-11(10-5-6-10)8-12-15-13(16-19-12)9(2)20(3,17)18/h9-11,14H,4-8H2,1-3H3. The molecule has 0 aromatic carbocycles. The Balaban J connectivity index is 2.01. The van der Waals surface area contributed by atoms with Crippen LogP contribution in [-0.2, 0) is 16.3 Å². The van der Waals surface area contributed by atoms with Crippen LogP contribution in [0.4, 0.5) is 0 Å². The van der Waals surface area contributed by atoms with Gasteiger partial charge >= 0.3 is 0 Å². The summed E-state index contributed by atoms with van der Waals surface area (Å²) in [5, 5.41) is 6.59. The molecule has 6 nitrogen and oxygen atoms in total. The Morgan fingerprint density at radius 2 is 2.15 bits per heavy atom. The molecule has 0 saturated heterocycles. The number of nitrogens with one attached hydrogen (secondary N) is 1. The molecule has 20 heavy (non-hydrogen) atoms. The lowest BCUT2D eigenvalue weighted by Gasteiger charge is -2.15.